The largest absolute Gasteiger partial charge is 0.493 e. The number of ether oxygens (including phenoxy) is 4. The van der Waals surface area contributed by atoms with Crippen molar-refractivity contribution in [2.75, 3.05) is 47.6 Å². The Bertz CT molecular complexity index is 1140. The van der Waals surface area contributed by atoms with Crippen molar-refractivity contribution in [3.8, 4) is 28.5 Å². The zero-order valence-electron chi connectivity index (χ0n) is 20.4. The number of H-pyrrole nitrogens is 1. The fraction of sp³-hybridized carbons (Fsp3) is 0.480. The van der Waals surface area contributed by atoms with Crippen LogP contribution < -0.4 is 14.2 Å². The molecule has 0 unspecified atom stereocenters. The molecule has 1 N–H and O–H groups in total. The molecule has 182 valence electrons. The van der Waals surface area contributed by atoms with Crippen molar-refractivity contribution in [3.05, 3.63) is 30.1 Å². The number of Topliss-reactive ketones (excluding diaryl/α,β-unsaturated/α-hetero) is 1. The second-order valence-electron chi connectivity index (χ2n) is 8.90. The van der Waals surface area contributed by atoms with E-state index >= 15 is 0 Å². The molecule has 3 aromatic rings. The molecule has 0 spiro atoms. The van der Waals surface area contributed by atoms with E-state index in [2.05, 4.69) is 28.7 Å². The summed E-state index contributed by atoms with van der Waals surface area (Å²) in [6, 6.07) is 3.63. The Kier molecular flexibility index (Phi) is 7.04. The summed E-state index contributed by atoms with van der Waals surface area (Å²) < 4.78 is 21.8. The highest BCUT2D eigenvalue weighted by Crippen LogP contribution is 2.41. The fourth-order valence-corrected chi connectivity index (χ4v) is 4.35. The third-order valence-corrected chi connectivity index (χ3v) is 6.47. The number of aromatic amines is 1. The lowest BCUT2D eigenvalue weighted by molar-refractivity contribution is -0.0129. The van der Waals surface area contributed by atoms with E-state index in [0.29, 0.717) is 46.1 Å². The molecule has 34 heavy (non-hydrogen) atoms. The monoisotopic (exact) mass is 468 g/mol. The van der Waals surface area contributed by atoms with Gasteiger partial charge in [-0.2, -0.15) is 0 Å². The van der Waals surface area contributed by atoms with Crippen molar-refractivity contribution in [1.82, 2.24) is 19.9 Å². The smallest absolute Gasteiger partial charge is 0.203 e. The van der Waals surface area contributed by atoms with Gasteiger partial charge in [-0.25, -0.2) is 9.97 Å². The molecule has 9 heteroatoms. The van der Waals surface area contributed by atoms with E-state index in [1.807, 2.05) is 12.1 Å². The maximum absolute atomic E-state index is 13.2. The van der Waals surface area contributed by atoms with E-state index in [1.165, 1.54) is 0 Å². The lowest BCUT2D eigenvalue weighted by atomic mass is 9.93. The Balaban J connectivity index is 1.60. The molecule has 0 aliphatic carbocycles. The summed E-state index contributed by atoms with van der Waals surface area (Å²) in [5.41, 5.74) is 2.95. The Morgan fingerprint density at radius 2 is 1.79 bits per heavy atom. The number of methoxy groups -OCH3 is 3. The van der Waals surface area contributed by atoms with Gasteiger partial charge in [0.05, 0.1) is 52.0 Å². The molecule has 1 aliphatic rings. The van der Waals surface area contributed by atoms with Gasteiger partial charge in [0.15, 0.2) is 22.9 Å². The van der Waals surface area contributed by atoms with Gasteiger partial charge in [-0.05, 0) is 32.4 Å². The van der Waals surface area contributed by atoms with Crippen molar-refractivity contribution in [2.24, 2.45) is 0 Å². The highest BCUT2D eigenvalue weighted by atomic mass is 16.5. The van der Waals surface area contributed by atoms with E-state index < -0.39 is 0 Å². The first kappa shape index (κ1) is 24.0. The summed E-state index contributed by atoms with van der Waals surface area (Å²) in [6.07, 6.45) is 4.54. The molecule has 1 fully saturated rings. The van der Waals surface area contributed by atoms with Crippen LogP contribution in [0.3, 0.4) is 0 Å². The van der Waals surface area contributed by atoms with E-state index in [4.69, 9.17) is 23.9 Å². The predicted octanol–water partition coefficient (Wildman–Crippen LogP) is 3.72. The summed E-state index contributed by atoms with van der Waals surface area (Å²) in [5.74, 6) is 1.59. The van der Waals surface area contributed by atoms with Crippen LogP contribution in [0.2, 0.25) is 0 Å². The van der Waals surface area contributed by atoms with Crippen LogP contribution >= 0.6 is 0 Å². The fourth-order valence-electron chi connectivity index (χ4n) is 4.35. The molecule has 0 bridgehead atoms. The minimum Gasteiger partial charge on any atom is -0.493 e. The van der Waals surface area contributed by atoms with Gasteiger partial charge in [0.2, 0.25) is 5.75 Å². The Morgan fingerprint density at radius 3 is 2.41 bits per heavy atom. The lowest BCUT2D eigenvalue weighted by Crippen LogP contribution is -2.50. The zero-order chi connectivity index (χ0) is 24.3. The van der Waals surface area contributed by atoms with Gasteiger partial charge in [-0.1, -0.05) is 0 Å². The van der Waals surface area contributed by atoms with Crippen LogP contribution in [0.15, 0.2) is 24.5 Å². The predicted molar refractivity (Wildman–Crippen MR) is 129 cm³/mol. The first-order chi connectivity index (χ1) is 16.4. The third-order valence-electron chi connectivity index (χ3n) is 6.47. The second kappa shape index (κ2) is 9.99. The number of nitrogens with zero attached hydrogens (tertiary/aromatic N) is 3. The summed E-state index contributed by atoms with van der Waals surface area (Å²) >= 11 is 0. The Hall–Kier alpha value is -3.17. The minimum atomic E-state index is -0.0847. The first-order valence-electron chi connectivity index (χ1n) is 11.4. The van der Waals surface area contributed by atoms with Crippen LogP contribution in [0.25, 0.3) is 22.4 Å². The van der Waals surface area contributed by atoms with E-state index in [-0.39, 0.29) is 11.3 Å². The second-order valence-corrected chi connectivity index (χ2v) is 8.90. The molecule has 0 atom stereocenters. The number of carbonyl (C=O) groups is 1. The van der Waals surface area contributed by atoms with Crippen molar-refractivity contribution < 1.29 is 23.7 Å². The molecule has 2 aromatic heterocycles. The van der Waals surface area contributed by atoms with Crippen LogP contribution in [-0.2, 0) is 4.74 Å². The summed E-state index contributed by atoms with van der Waals surface area (Å²) in [6.45, 7) is 7.61. The molecule has 1 aromatic carbocycles. The van der Waals surface area contributed by atoms with Crippen LogP contribution in [-0.4, -0.2) is 78.8 Å². The van der Waals surface area contributed by atoms with Gasteiger partial charge < -0.3 is 23.9 Å². The van der Waals surface area contributed by atoms with Gasteiger partial charge >= 0.3 is 0 Å². The number of aromatic nitrogens is 3. The maximum atomic E-state index is 13.2. The van der Waals surface area contributed by atoms with Crippen LogP contribution in [0.1, 0.15) is 37.0 Å². The third kappa shape index (κ3) is 4.71. The van der Waals surface area contributed by atoms with E-state index in [1.54, 1.807) is 33.7 Å². The minimum absolute atomic E-state index is 0.0453. The van der Waals surface area contributed by atoms with Crippen molar-refractivity contribution >= 4 is 16.9 Å². The zero-order valence-corrected chi connectivity index (χ0v) is 20.4. The average molecular weight is 469 g/mol. The number of nitrogens with one attached hydrogen (secondary N) is 1. The van der Waals surface area contributed by atoms with Gasteiger partial charge in [0, 0.05) is 36.8 Å². The number of hydrogen-bond acceptors (Lipinski definition) is 8. The SMILES string of the molecule is COc1cc(-c2cnc3[nH]cc(C(=O)CCC(C)(C)N4CCOCC4)c3n2)cc(OC)c1OC. The van der Waals surface area contributed by atoms with Gasteiger partial charge in [-0.15, -0.1) is 0 Å². The molecule has 1 saturated heterocycles. The normalized spacial score (nSPS) is 14.9. The van der Waals surface area contributed by atoms with Crippen LogP contribution in [0.4, 0.5) is 0 Å². The van der Waals surface area contributed by atoms with Crippen molar-refractivity contribution in [1.29, 1.82) is 0 Å². The lowest BCUT2D eigenvalue weighted by Gasteiger charge is -2.40. The summed E-state index contributed by atoms with van der Waals surface area (Å²) in [5, 5.41) is 0. The molecule has 0 radical (unpaired) electrons. The topological polar surface area (TPSA) is 98.8 Å². The molecule has 1 aliphatic heterocycles. The van der Waals surface area contributed by atoms with E-state index in [9.17, 15) is 4.79 Å². The summed E-state index contributed by atoms with van der Waals surface area (Å²) in [7, 11) is 4.69. The Labute approximate surface area is 199 Å². The molecule has 9 nitrogen and oxygen atoms in total. The first-order valence-corrected chi connectivity index (χ1v) is 11.4. The number of morpholine rings is 1. The van der Waals surface area contributed by atoms with Crippen LogP contribution in [0.5, 0.6) is 17.2 Å². The molecule has 4 rings (SSSR count). The molecular formula is C25H32N4O5. The van der Waals surface area contributed by atoms with Gasteiger partial charge in [-0.3, -0.25) is 9.69 Å². The van der Waals surface area contributed by atoms with Gasteiger partial charge in [0.25, 0.3) is 0 Å². The van der Waals surface area contributed by atoms with Crippen molar-refractivity contribution in [3.63, 3.8) is 0 Å². The quantitative estimate of drug-likeness (QED) is 0.475. The molecule has 0 saturated carbocycles. The van der Waals surface area contributed by atoms with Gasteiger partial charge in [0.1, 0.15) is 5.52 Å². The van der Waals surface area contributed by atoms with Crippen molar-refractivity contribution in [2.45, 2.75) is 32.2 Å². The number of hydrogen-bond donors (Lipinski definition) is 1. The number of carbonyl (C=O) groups excluding carboxylic acids is 1. The number of benzene rings is 1. The highest BCUT2D eigenvalue weighted by Gasteiger charge is 2.29. The molecular weight excluding hydrogens is 436 g/mol. The number of fused-ring (bicyclic) bond motifs is 1. The van der Waals surface area contributed by atoms with E-state index in [0.717, 1.165) is 38.3 Å². The average Bonchev–Trinajstić information content (AvgIpc) is 3.30. The number of ketones is 1. The molecule has 0 amide bonds. The standard InChI is InChI=1S/C25H32N4O5/c1-25(2,29-8-10-34-11-9-29)7-6-19(30)17-14-26-24-22(17)28-18(15-27-24)16-12-20(31-3)23(33-5)21(13-16)32-4/h12-15H,6-11H2,1-5H3,(H,26,27). The maximum Gasteiger partial charge on any atom is 0.203 e. The summed E-state index contributed by atoms with van der Waals surface area (Å²) in [4.78, 5) is 27.9. The highest BCUT2D eigenvalue weighted by molar-refractivity contribution is 6.06. The molecule has 3 heterocycles. The Morgan fingerprint density at radius 1 is 1.12 bits per heavy atom. The van der Waals surface area contributed by atoms with Crippen LogP contribution in [0, 0.1) is 0 Å². The number of rotatable bonds is 9.